The van der Waals surface area contributed by atoms with E-state index in [0.29, 0.717) is 52.5 Å². The number of hydrogen-bond donors (Lipinski definition) is 2. The first kappa shape index (κ1) is 23.1. The summed E-state index contributed by atoms with van der Waals surface area (Å²) in [6.45, 7) is 0.668. The molecule has 2 atom stereocenters. The normalized spacial score (nSPS) is 17.1. The van der Waals surface area contributed by atoms with Crippen LogP contribution in [0.25, 0.3) is 22.2 Å². The van der Waals surface area contributed by atoms with Crippen molar-refractivity contribution in [3.05, 3.63) is 71.9 Å². The number of methoxy groups -OCH3 is 1. The summed E-state index contributed by atoms with van der Waals surface area (Å²) in [7, 11) is 1.50. The highest BCUT2D eigenvalue weighted by atomic mass is 19.1. The number of aliphatic hydroxyl groups is 1. The van der Waals surface area contributed by atoms with Crippen LogP contribution in [0, 0.1) is 17.1 Å². The zero-order chi connectivity index (χ0) is 25.4. The van der Waals surface area contributed by atoms with Crippen molar-refractivity contribution in [1.82, 2.24) is 14.5 Å². The molecule has 2 N–H and O–H groups in total. The molecule has 10 heteroatoms. The average Bonchev–Trinajstić information content (AvgIpc) is 3.29. The minimum atomic E-state index is -1.29. The van der Waals surface area contributed by atoms with Gasteiger partial charge in [-0.15, -0.1) is 0 Å². The van der Waals surface area contributed by atoms with E-state index < -0.39 is 29.4 Å². The summed E-state index contributed by atoms with van der Waals surface area (Å²) < 4.78 is 21.5. The van der Waals surface area contributed by atoms with E-state index in [1.165, 1.54) is 25.6 Å². The van der Waals surface area contributed by atoms with Crippen LogP contribution in [0.4, 0.5) is 10.2 Å². The number of aliphatic hydroxyl groups excluding tert-OH is 1. The SMILES string of the molecule is COc1ccc(F)c2c1cc(C#N)n2CCNc1cc(-c2ccc(C3C(=O)C(=O)C3O)cc2)ncn1. The van der Waals surface area contributed by atoms with E-state index in [1.54, 1.807) is 41.0 Å². The minimum absolute atomic E-state index is 0.299. The van der Waals surface area contributed by atoms with E-state index in [-0.39, 0.29) is 0 Å². The molecule has 2 unspecified atom stereocenters. The van der Waals surface area contributed by atoms with Gasteiger partial charge in [0.25, 0.3) is 0 Å². The van der Waals surface area contributed by atoms with Crippen molar-refractivity contribution in [3.8, 4) is 23.1 Å². The molecule has 0 saturated heterocycles. The van der Waals surface area contributed by atoms with Gasteiger partial charge in [0.15, 0.2) is 0 Å². The Morgan fingerprint density at radius 1 is 1.14 bits per heavy atom. The third-order valence-electron chi connectivity index (χ3n) is 6.29. The van der Waals surface area contributed by atoms with E-state index in [2.05, 4.69) is 21.4 Å². The third-order valence-corrected chi connectivity index (χ3v) is 6.29. The number of hydrogen-bond acceptors (Lipinski definition) is 8. The topological polar surface area (TPSA) is 130 Å². The highest BCUT2D eigenvalue weighted by Gasteiger charge is 2.48. The van der Waals surface area contributed by atoms with Gasteiger partial charge in [0.05, 0.1) is 24.2 Å². The molecule has 4 aromatic rings. The van der Waals surface area contributed by atoms with Gasteiger partial charge in [0.1, 0.15) is 41.6 Å². The third kappa shape index (κ3) is 3.85. The van der Waals surface area contributed by atoms with Gasteiger partial charge in [-0.05, 0) is 23.8 Å². The Morgan fingerprint density at radius 3 is 2.61 bits per heavy atom. The number of carbonyl (C=O) groups excluding carboxylic acids is 2. The van der Waals surface area contributed by atoms with Gasteiger partial charge in [-0.1, -0.05) is 24.3 Å². The lowest BCUT2D eigenvalue weighted by molar-refractivity contribution is -0.154. The van der Waals surface area contributed by atoms with Crippen molar-refractivity contribution < 1.29 is 23.8 Å². The van der Waals surface area contributed by atoms with E-state index >= 15 is 0 Å². The van der Waals surface area contributed by atoms with Crippen molar-refractivity contribution in [2.24, 2.45) is 0 Å². The molecule has 2 heterocycles. The zero-order valence-electron chi connectivity index (χ0n) is 19.1. The fourth-order valence-corrected chi connectivity index (χ4v) is 4.41. The number of ether oxygens (including phenoxy) is 1. The molecule has 36 heavy (non-hydrogen) atoms. The number of benzene rings is 2. The van der Waals surface area contributed by atoms with Crippen LogP contribution < -0.4 is 10.1 Å². The predicted molar refractivity (Wildman–Crippen MR) is 128 cm³/mol. The van der Waals surface area contributed by atoms with E-state index in [1.807, 2.05) is 0 Å². The summed E-state index contributed by atoms with van der Waals surface area (Å²) in [6, 6.07) is 15.2. The van der Waals surface area contributed by atoms with Crippen molar-refractivity contribution >= 4 is 28.3 Å². The lowest BCUT2D eigenvalue weighted by Crippen LogP contribution is -2.50. The van der Waals surface area contributed by atoms with Crippen LogP contribution in [0.5, 0.6) is 5.75 Å². The van der Waals surface area contributed by atoms with Crippen LogP contribution in [0.2, 0.25) is 0 Å². The van der Waals surface area contributed by atoms with Gasteiger partial charge < -0.3 is 19.7 Å². The van der Waals surface area contributed by atoms with E-state index in [9.17, 15) is 24.3 Å². The van der Waals surface area contributed by atoms with Gasteiger partial charge in [0, 0.05) is 30.1 Å². The molecule has 0 amide bonds. The molecule has 2 aromatic carbocycles. The second kappa shape index (κ2) is 9.20. The largest absolute Gasteiger partial charge is 0.496 e. The smallest absolute Gasteiger partial charge is 0.228 e. The fraction of sp³-hybridized carbons (Fsp3) is 0.192. The molecule has 5 rings (SSSR count). The first-order valence-corrected chi connectivity index (χ1v) is 11.1. The van der Waals surface area contributed by atoms with Crippen LogP contribution in [0.15, 0.2) is 54.9 Å². The van der Waals surface area contributed by atoms with Crippen LogP contribution in [-0.4, -0.2) is 51.0 Å². The summed E-state index contributed by atoms with van der Waals surface area (Å²) >= 11 is 0. The zero-order valence-corrected chi connectivity index (χ0v) is 19.1. The number of fused-ring (bicyclic) bond motifs is 1. The molecule has 9 nitrogen and oxygen atoms in total. The van der Waals surface area contributed by atoms with Gasteiger partial charge in [-0.3, -0.25) is 9.59 Å². The summed E-state index contributed by atoms with van der Waals surface area (Å²) in [5.41, 5.74) is 2.56. The van der Waals surface area contributed by atoms with Crippen molar-refractivity contribution in [1.29, 1.82) is 5.26 Å². The average molecular weight is 485 g/mol. The molecule has 2 aromatic heterocycles. The number of nitrogens with zero attached hydrogens (tertiary/aromatic N) is 4. The number of rotatable bonds is 7. The Kier molecular flexibility index (Phi) is 5.91. The molecule has 0 bridgehead atoms. The second-order valence-corrected chi connectivity index (χ2v) is 8.29. The maximum Gasteiger partial charge on any atom is 0.228 e. The van der Waals surface area contributed by atoms with Gasteiger partial charge in [-0.25, -0.2) is 14.4 Å². The standard InChI is InChI=1S/C26H20FN5O4/c1-36-20-7-6-18(27)23-17(20)10-16(12-28)32(23)9-8-29-21-11-19(30-13-31-21)14-2-4-15(5-3-14)22-24(33)26(35)25(22)34/h2-7,10-11,13,22,24,33H,8-9H2,1H3,(H,29,30,31). The summed E-state index contributed by atoms with van der Waals surface area (Å²) in [6.07, 6.45) is 0.117. The number of carbonyl (C=O) groups is 2. The lowest BCUT2D eigenvalue weighted by atomic mass is 9.74. The molecule has 0 aliphatic heterocycles. The Labute approximate surface area is 204 Å². The lowest BCUT2D eigenvalue weighted by Gasteiger charge is -2.29. The number of Topliss-reactive ketones (excluding diaryl/α,β-unsaturated/α-hetero) is 2. The molecular weight excluding hydrogens is 465 g/mol. The Hall–Kier alpha value is -4.62. The highest BCUT2D eigenvalue weighted by molar-refractivity contribution is 6.48. The molecule has 1 aliphatic rings. The van der Waals surface area contributed by atoms with Crippen molar-refractivity contribution in [3.63, 3.8) is 0 Å². The molecule has 1 fully saturated rings. The molecule has 0 spiro atoms. The number of ketones is 2. The highest BCUT2D eigenvalue weighted by Crippen LogP contribution is 2.33. The number of aromatic nitrogens is 3. The predicted octanol–water partition coefficient (Wildman–Crippen LogP) is 2.83. The van der Waals surface area contributed by atoms with Crippen LogP contribution >= 0.6 is 0 Å². The number of nitriles is 1. The molecular formula is C26H20FN5O4. The molecule has 180 valence electrons. The Morgan fingerprint density at radius 2 is 1.92 bits per heavy atom. The van der Waals surface area contributed by atoms with Crippen molar-refractivity contribution in [2.75, 3.05) is 19.0 Å². The number of nitrogens with one attached hydrogen (secondary N) is 1. The maximum absolute atomic E-state index is 14.6. The molecule has 0 radical (unpaired) electrons. The van der Waals surface area contributed by atoms with E-state index in [4.69, 9.17) is 4.74 Å². The first-order valence-electron chi connectivity index (χ1n) is 11.1. The summed E-state index contributed by atoms with van der Waals surface area (Å²) in [5, 5.41) is 23.0. The van der Waals surface area contributed by atoms with Crippen molar-refractivity contribution in [2.45, 2.75) is 18.6 Å². The molecule has 1 saturated carbocycles. The van der Waals surface area contributed by atoms with Gasteiger partial charge in [-0.2, -0.15) is 5.26 Å². The summed E-state index contributed by atoms with van der Waals surface area (Å²) in [5.74, 6) is -1.58. The fourth-order valence-electron chi connectivity index (χ4n) is 4.41. The Balaban J connectivity index is 1.31. The summed E-state index contributed by atoms with van der Waals surface area (Å²) in [4.78, 5) is 31.6. The maximum atomic E-state index is 14.6. The van der Waals surface area contributed by atoms with E-state index in [0.717, 1.165) is 5.56 Å². The number of halogens is 1. The van der Waals surface area contributed by atoms with Crippen LogP contribution in [0.3, 0.4) is 0 Å². The van der Waals surface area contributed by atoms with Crippen LogP contribution in [0.1, 0.15) is 17.2 Å². The second-order valence-electron chi connectivity index (χ2n) is 8.29. The monoisotopic (exact) mass is 485 g/mol. The first-order chi connectivity index (χ1) is 17.4. The van der Waals surface area contributed by atoms with Crippen LogP contribution in [-0.2, 0) is 16.1 Å². The Bertz CT molecular complexity index is 1540. The quantitative estimate of drug-likeness (QED) is 0.382. The minimum Gasteiger partial charge on any atom is -0.496 e. The van der Waals surface area contributed by atoms with Gasteiger partial charge >= 0.3 is 0 Å². The molecule has 1 aliphatic carbocycles. The van der Waals surface area contributed by atoms with Gasteiger partial charge in [0.2, 0.25) is 11.6 Å². The number of anilines is 1.